The van der Waals surface area contributed by atoms with Crippen molar-refractivity contribution in [3.05, 3.63) is 28.8 Å². The molecule has 0 aliphatic heterocycles. The summed E-state index contributed by atoms with van der Waals surface area (Å²) in [4.78, 5) is 1.33. The van der Waals surface area contributed by atoms with Crippen LogP contribution in [0, 0.1) is 0 Å². The number of nitrogens with one attached hydrogen (secondary N) is 1. The van der Waals surface area contributed by atoms with Crippen LogP contribution in [0.3, 0.4) is 0 Å². The van der Waals surface area contributed by atoms with Gasteiger partial charge in [-0.15, -0.1) is 11.8 Å². The molecule has 3 heteroatoms. The smallest absolute Gasteiger partial charge is 0.0462 e. The van der Waals surface area contributed by atoms with E-state index in [9.17, 15) is 0 Å². The van der Waals surface area contributed by atoms with E-state index < -0.39 is 0 Å². The van der Waals surface area contributed by atoms with E-state index in [2.05, 4.69) is 25.2 Å². The molecule has 1 aromatic carbocycles. The van der Waals surface area contributed by atoms with Crippen LogP contribution in [-0.4, -0.2) is 11.3 Å². The molecule has 1 N–H and O–H groups in total. The third-order valence-electron chi connectivity index (χ3n) is 3.12. The van der Waals surface area contributed by atoms with Gasteiger partial charge in [0.25, 0.3) is 0 Å². The van der Waals surface area contributed by atoms with Crippen molar-refractivity contribution >= 4 is 23.4 Å². The standard InChI is InChI=1S/C14H20ClNS/c1-3-10(2)17-14-6-4-5-13(15)12(14)9-16-11-7-8-11/h4-6,10-11,16H,3,7-9H2,1-2H3. The molecular weight excluding hydrogens is 250 g/mol. The van der Waals surface area contributed by atoms with Crippen molar-refractivity contribution in [2.24, 2.45) is 0 Å². The lowest BCUT2D eigenvalue weighted by molar-refractivity contribution is 0.680. The number of benzene rings is 1. The van der Waals surface area contributed by atoms with Crippen LogP contribution in [0.15, 0.2) is 23.1 Å². The minimum Gasteiger partial charge on any atom is -0.310 e. The summed E-state index contributed by atoms with van der Waals surface area (Å²) in [7, 11) is 0. The molecule has 1 aliphatic carbocycles. The Bertz CT molecular complexity index is 376. The Labute approximate surface area is 113 Å². The molecule has 1 unspecified atom stereocenters. The van der Waals surface area contributed by atoms with Gasteiger partial charge >= 0.3 is 0 Å². The number of hydrogen-bond acceptors (Lipinski definition) is 2. The van der Waals surface area contributed by atoms with E-state index in [0.29, 0.717) is 5.25 Å². The molecule has 0 heterocycles. The fraction of sp³-hybridized carbons (Fsp3) is 0.571. The zero-order chi connectivity index (χ0) is 12.3. The molecule has 1 aliphatic rings. The van der Waals surface area contributed by atoms with Gasteiger partial charge in [0.05, 0.1) is 0 Å². The Balaban J connectivity index is 2.08. The van der Waals surface area contributed by atoms with Crippen LogP contribution < -0.4 is 5.32 Å². The van der Waals surface area contributed by atoms with E-state index >= 15 is 0 Å². The molecule has 94 valence electrons. The summed E-state index contributed by atoms with van der Waals surface area (Å²) in [6, 6.07) is 6.96. The van der Waals surface area contributed by atoms with Gasteiger partial charge in [-0.3, -0.25) is 0 Å². The summed E-state index contributed by atoms with van der Waals surface area (Å²) in [5.74, 6) is 0. The normalized spacial score (nSPS) is 17.1. The first-order valence-electron chi connectivity index (χ1n) is 6.38. The van der Waals surface area contributed by atoms with E-state index in [4.69, 9.17) is 11.6 Å². The lowest BCUT2D eigenvalue weighted by Gasteiger charge is -2.14. The van der Waals surface area contributed by atoms with E-state index in [0.717, 1.165) is 17.6 Å². The molecule has 0 spiro atoms. The molecule has 1 fully saturated rings. The van der Waals surface area contributed by atoms with Crippen LogP contribution in [0.25, 0.3) is 0 Å². The molecular formula is C14H20ClNS. The molecule has 1 aromatic rings. The third kappa shape index (κ3) is 3.90. The van der Waals surface area contributed by atoms with Crippen molar-refractivity contribution in [1.82, 2.24) is 5.32 Å². The number of hydrogen-bond donors (Lipinski definition) is 1. The van der Waals surface area contributed by atoms with Crippen LogP contribution in [0.5, 0.6) is 0 Å². The second kappa shape index (κ2) is 6.12. The van der Waals surface area contributed by atoms with E-state index in [1.165, 1.54) is 29.7 Å². The van der Waals surface area contributed by atoms with Gasteiger partial charge in [0.1, 0.15) is 0 Å². The first-order chi connectivity index (χ1) is 8.20. The summed E-state index contributed by atoms with van der Waals surface area (Å²) >= 11 is 8.24. The Morgan fingerprint density at radius 2 is 2.24 bits per heavy atom. The summed E-state index contributed by atoms with van der Waals surface area (Å²) in [6.07, 6.45) is 3.82. The minimum absolute atomic E-state index is 0.646. The maximum atomic E-state index is 6.31. The predicted molar refractivity (Wildman–Crippen MR) is 76.9 cm³/mol. The van der Waals surface area contributed by atoms with Crippen molar-refractivity contribution in [2.75, 3.05) is 0 Å². The topological polar surface area (TPSA) is 12.0 Å². The number of thioether (sulfide) groups is 1. The fourth-order valence-corrected chi connectivity index (χ4v) is 3.03. The molecule has 0 bridgehead atoms. The molecule has 0 radical (unpaired) electrons. The Hall–Kier alpha value is -0.180. The zero-order valence-corrected chi connectivity index (χ0v) is 12.1. The first-order valence-corrected chi connectivity index (χ1v) is 7.64. The molecule has 1 nitrogen and oxygen atoms in total. The number of halogens is 1. The average molecular weight is 270 g/mol. The lowest BCUT2D eigenvalue weighted by atomic mass is 10.2. The molecule has 0 aromatic heterocycles. The molecule has 17 heavy (non-hydrogen) atoms. The van der Waals surface area contributed by atoms with Gasteiger partial charge in [-0.1, -0.05) is 31.5 Å². The highest BCUT2D eigenvalue weighted by atomic mass is 35.5. The Morgan fingerprint density at radius 3 is 2.88 bits per heavy atom. The van der Waals surface area contributed by atoms with Gasteiger partial charge in [-0.2, -0.15) is 0 Å². The minimum atomic E-state index is 0.646. The van der Waals surface area contributed by atoms with Crippen molar-refractivity contribution in [3.63, 3.8) is 0 Å². The van der Waals surface area contributed by atoms with Crippen LogP contribution in [0.2, 0.25) is 5.02 Å². The summed E-state index contributed by atoms with van der Waals surface area (Å²) in [5.41, 5.74) is 1.27. The van der Waals surface area contributed by atoms with Crippen LogP contribution in [-0.2, 0) is 6.54 Å². The second-order valence-corrected chi connectivity index (χ2v) is 6.60. The van der Waals surface area contributed by atoms with E-state index in [1.54, 1.807) is 0 Å². The van der Waals surface area contributed by atoms with E-state index in [-0.39, 0.29) is 0 Å². The van der Waals surface area contributed by atoms with Gasteiger partial charge in [-0.05, 0) is 37.0 Å². The lowest BCUT2D eigenvalue weighted by Crippen LogP contribution is -2.16. The average Bonchev–Trinajstić information content (AvgIpc) is 3.12. The highest BCUT2D eigenvalue weighted by molar-refractivity contribution is 8.00. The van der Waals surface area contributed by atoms with Gasteiger partial charge < -0.3 is 5.32 Å². The molecule has 0 saturated heterocycles. The third-order valence-corrected chi connectivity index (χ3v) is 4.85. The quantitative estimate of drug-likeness (QED) is 0.764. The van der Waals surface area contributed by atoms with Crippen molar-refractivity contribution in [1.29, 1.82) is 0 Å². The fourth-order valence-electron chi connectivity index (χ4n) is 1.65. The molecule has 0 amide bonds. The number of rotatable bonds is 6. The van der Waals surface area contributed by atoms with E-state index in [1.807, 2.05) is 23.9 Å². The van der Waals surface area contributed by atoms with Gasteiger partial charge in [0.2, 0.25) is 0 Å². The van der Waals surface area contributed by atoms with Crippen LogP contribution in [0.4, 0.5) is 0 Å². The molecule has 1 saturated carbocycles. The summed E-state index contributed by atoms with van der Waals surface area (Å²) in [5, 5.41) is 5.09. The van der Waals surface area contributed by atoms with Crippen molar-refractivity contribution in [2.45, 2.75) is 55.8 Å². The second-order valence-electron chi connectivity index (χ2n) is 4.71. The van der Waals surface area contributed by atoms with Crippen molar-refractivity contribution < 1.29 is 0 Å². The van der Waals surface area contributed by atoms with Gasteiger partial charge in [-0.25, -0.2) is 0 Å². The molecule has 2 rings (SSSR count). The Morgan fingerprint density at radius 1 is 1.47 bits per heavy atom. The monoisotopic (exact) mass is 269 g/mol. The molecule has 1 atom stereocenters. The highest BCUT2D eigenvalue weighted by Crippen LogP contribution is 2.32. The summed E-state index contributed by atoms with van der Waals surface area (Å²) in [6.45, 7) is 5.40. The van der Waals surface area contributed by atoms with Gasteiger partial charge in [0.15, 0.2) is 0 Å². The summed E-state index contributed by atoms with van der Waals surface area (Å²) < 4.78 is 0. The zero-order valence-electron chi connectivity index (χ0n) is 10.5. The van der Waals surface area contributed by atoms with Gasteiger partial charge in [0, 0.05) is 27.8 Å². The maximum Gasteiger partial charge on any atom is 0.0462 e. The predicted octanol–water partition coefficient (Wildman–Crippen LogP) is 4.48. The first kappa shape index (κ1) is 13.3. The highest BCUT2D eigenvalue weighted by Gasteiger charge is 2.21. The Kier molecular flexibility index (Phi) is 4.78. The van der Waals surface area contributed by atoms with Crippen LogP contribution in [0.1, 0.15) is 38.7 Å². The van der Waals surface area contributed by atoms with Crippen LogP contribution >= 0.6 is 23.4 Å². The SMILES string of the molecule is CCC(C)Sc1cccc(Cl)c1CNC1CC1. The largest absolute Gasteiger partial charge is 0.310 e. The maximum absolute atomic E-state index is 6.31. The van der Waals surface area contributed by atoms with Crippen molar-refractivity contribution in [3.8, 4) is 0 Å².